The van der Waals surface area contributed by atoms with Crippen LogP contribution in [0.2, 0.25) is 0 Å². The molecule has 0 fully saturated rings. The molecule has 25 heavy (non-hydrogen) atoms. The molecule has 0 radical (unpaired) electrons. The van der Waals surface area contributed by atoms with Crippen molar-refractivity contribution >= 4 is 49.6 Å². The van der Waals surface area contributed by atoms with Crippen molar-refractivity contribution < 1.29 is 0 Å². The van der Waals surface area contributed by atoms with Crippen molar-refractivity contribution in [2.24, 2.45) is 0 Å². The molecule has 0 heterocycles. The van der Waals surface area contributed by atoms with Crippen molar-refractivity contribution in [3.63, 3.8) is 0 Å². The smallest absolute Gasteiger partial charge is 0.111 e. The summed E-state index contributed by atoms with van der Waals surface area (Å²) in [6.45, 7) is 8.77. The van der Waals surface area contributed by atoms with Gasteiger partial charge in [0.1, 0.15) is 4.99 Å². The van der Waals surface area contributed by atoms with E-state index in [0.29, 0.717) is 0 Å². The Bertz CT molecular complexity index is 954. The summed E-state index contributed by atoms with van der Waals surface area (Å²) in [6.07, 6.45) is 0. The van der Waals surface area contributed by atoms with Gasteiger partial charge in [-0.15, -0.1) is 0 Å². The molecule has 1 nitrogen and oxygen atoms in total. The molecule has 0 aliphatic carbocycles. The number of fused-ring (bicyclic) bond motifs is 1. The summed E-state index contributed by atoms with van der Waals surface area (Å²) in [4.78, 5) is 0.743. The first-order valence-corrected chi connectivity index (χ1v) is 9.57. The number of halogens is 1. The number of aryl methyl sites for hydroxylation is 1. The molecule has 3 heteroatoms. The second-order valence-corrected chi connectivity index (χ2v) is 8.62. The number of thiocarbonyl (C=S) groups is 1. The van der Waals surface area contributed by atoms with Crippen LogP contribution in [-0.2, 0) is 5.41 Å². The van der Waals surface area contributed by atoms with Gasteiger partial charge in [-0.05, 0) is 62.3 Å². The fourth-order valence-corrected chi connectivity index (χ4v) is 3.75. The van der Waals surface area contributed by atoms with Gasteiger partial charge in [-0.1, -0.05) is 75.5 Å². The minimum atomic E-state index is 0.122. The van der Waals surface area contributed by atoms with Gasteiger partial charge in [0.15, 0.2) is 0 Å². The Morgan fingerprint density at radius 3 is 2.40 bits per heavy atom. The predicted octanol–water partition coefficient (Wildman–Crippen LogP) is 7.00. The van der Waals surface area contributed by atoms with Crippen molar-refractivity contribution in [3.05, 3.63) is 75.8 Å². The van der Waals surface area contributed by atoms with E-state index in [1.54, 1.807) is 0 Å². The Hall–Kier alpha value is -1.71. The van der Waals surface area contributed by atoms with Gasteiger partial charge >= 0.3 is 0 Å². The third kappa shape index (κ3) is 3.78. The van der Waals surface area contributed by atoms with Crippen molar-refractivity contribution in [1.82, 2.24) is 0 Å². The summed E-state index contributed by atoms with van der Waals surface area (Å²) >= 11 is 9.36. The lowest BCUT2D eigenvalue weighted by Gasteiger charge is -2.21. The van der Waals surface area contributed by atoms with Gasteiger partial charge in [0.2, 0.25) is 0 Å². The van der Waals surface area contributed by atoms with Gasteiger partial charge in [0.25, 0.3) is 0 Å². The molecule has 0 saturated carbocycles. The van der Waals surface area contributed by atoms with Gasteiger partial charge < -0.3 is 5.32 Å². The molecule has 0 bridgehead atoms. The first-order valence-electron chi connectivity index (χ1n) is 8.37. The monoisotopic (exact) mass is 411 g/mol. The second-order valence-electron chi connectivity index (χ2n) is 7.36. The standard InChI is InChI=1S/C22H22BrNS/c1-14-17-8-6-5-7-15(17)9-11-18(14)21(25)24-20-12-10-16(13-19(20)23)22(2,3)4/h5-13H,1-4H3,(H,24,25). The molecule has 0 spiro atoms. The maximum atomic E-state index is 5.69. The van der Waals surface area contributed by atoms with Crippen molar-refractivity contribution in [1.29, 1.82) is 0 Å². The van der Waals surface area contributed by atoms with E-state index < -0.39 is 0 Å². The van der Waals surface area contributed by atoms with E-state index in [0.717, 1.165) is 20.7 Å². The van der Waals surface area contributed by atoms with Crippen LogP contribution in [0.5, 0.6) is 0 Å². The molecule has 0 saturated heterocycles. The first-order chi connectivity index (χ1) is 11.8. The van der Waals surface area contributed by atoms with Crippen LogP contribution < -0.4 is 5.32 Å². The summed E-state index contributed by atoms with van der Waals surface area (Å²) in [5, 5.41) is 5.88. The van der Waals surface area contributed by atoms with Gasteiger partial charge in [0, 0.05) is 10.0 Å². The summed E-state index contributed by atoms with van der Waals surface area (Å²) in [5.74, 6) is 0. The molecule has 0 aliphatic heterocycles. The van der Waals surface area contributed by atoms with Crippen molar-refractivity contribution in [2.45, 2.75) is 33.1 Å². The fourth-order valence-electron chi connectivity index (χ4n) is 2.95. The van der Waals surface area contributed by atoms with Crippen LogP contribution >= 0.6 is 28.1 Å². The Balaban J connectivity index is 1.92. The molecular weight excluding hydrogens is 390 g/mol. The quantitative estimate of drug-likeness (QED) is 0.455. The molecule has 1 N–H and O–H groups in total. The molecule has 3 rings (SSSR count). The highest BCUT2D eigenvalue weighted by molar-refractivity contribution is 9.10. The highest BCUT2D eigenvalue weighted by Gasteiger charge is 2.16. The summed E-state index contributed by atoms with van der Waals surface area (Å²) in [7, 11) is 0. The number of hydrogen-bond acceptors (Lipinski definition) is 1. The lowest BCUT2D eigenvalue weighted by atomic mass is 9.87. The maximum Gasteiger partial charge on any atom is 0.111 e. The van der Waals surface area contributed by atoms with Gasteiger partial charge in [0.05, 0.1) is 5.69 Å². The van der Waals surface area contributed by atoms with Crippen LogP contribution in [0.4, 0.5) is 5.69 Å². The number of anilines is 1. The minimum absolute atomic E-state index is 0.122. The van der Waals surface area contributed by atoms with E-state index >= 15 is 0 Å². The topological polar surface area (TPSA) is 12.0 Å². The predicted molar refractivity (Wildman–Crippen MR) is 117 cm³/mol. The zero-order chi connectivity index (χ0) is 18.2. The van der Waals surface area contributed by atoms with Crippen LogP contribution in [0.25, 0.3) is 10.8 Å². The molecule has 0 atom stereocenters. The highest BCUT2D eigenvalue weighted by atomic mass is 79.9. The lowest BCUT2D eigenvalue weighted by molar-refractivity contribution is 0.590. The van der Waals surface area contributed by atoms with Crippen LogP contribution in [0.3, 0.4) is 0 Å². The molecule has 128 valence electrons. The molecular formula is C22H22BrNS. The zero-order valence-corrected chi connectivity index (χ0v) is 17.4. The zero-order valence-electron chi connectivity index (χ0n) is 15.0. The van der Waals surface area contributed by atoms with Gasteiger partial charge in [-0.3, -0.25) is 0 Å². The summed E-state index contributed by atoms with van der Waals surface area (Å²) in [6, 6.07) is 19.0. The number of hydrogen-bond donors (Lipinski definition) is 1. The average Bonchev–Trinajstić information content (AvgIpc) is 2.56. The molecule has 0 amide bonds. The highest BCUT2D eigenvalue weighted by Crippen LogP contribution is 2.31. The van der Waals surface area contributed by atoms with Gasteiger partial charge in [-0.2, -0.15) is 0 Å². The molecule has 0 unspecified atom stereocenters. The molecule has 3 aromatic carbocycles. The first kappa shape index (κ1) is 18.1. The van der Waals surface area contributed by atoms with E-state index in [2.05, 4.69) is 104 Å². The number of rotatable bonds is 2. The molecule has 3 aromatic rings. The normalized spacial score (nSPS) is 11.6. The number of nitrogens with one attached hydrogen (secondary N) is 1. The van der Waals surface area contributed by atoms with Crippen molar-refractivity contribution in [3.8, 4) is 0 Å². The fraction of sp³-hybridized carbons (Fsp3) is 0.227. The lowest BCUT2D eigenvalue weighted by Crippen LogP contribution is -2.14. The third-order valence-corrected chi connectivity index (χ3v) is 5.50. The van der Waals surface area contributed by atoms with Crippen molar-refractivity contribution in [2.75, 3.05) is 5.32 Å². The third-order valence-electron chi connectivity index (χ3n) is 4.53. The number of benzene rings is 3. The van der Waals surface area contributed by atoms with E-state index in [9.17, 15) is 0 Å². The maximum absolute atomic E-state index is 5.69. The van der Waals surface area contributed by atoms with Crippen LogP contribution in [0.15, 0.2) is 59.1 Å². The second kappa shape index (κ2) is 6.89. The van der Waals surface area contributed by atoms with Gasteiger partial charge in [-0.25, -0.2) is 0 Å². The van der Waals surface area contributed by atoms with Crippen LogP contribution in [0.1, 0.15) is 37.5 Å². The average molecular weight is 412 g/mol. The Morgan fingerprint density at radius 1 is 1.00 bits per heavy atom. The van der Waals surface area contributed by atoms with E-state index in [1.807, 2.05) is 0 Å². The van der Waals surface area contributed by atoms with Crippen LogP contribution in [-0.4, -0.2) is 4.99 Å². The van der Waals surface area contributed by atoms with E-state index in [1.165, 1.54) is 21.9 Å². The SMILES string of the molecule is Cc1c(C(=S)Nc2ccc(C(C)(C)C)cc2Br)ccc2ccccc12. The largest absolute Gasteiger partial charge is 0.345 e. The Kier molecular flexibility index (Phi) is 4.99. The van der Waals surface area contributed by atoms with E-state index in [-0.39, 0.29) is 5.41 Å². The van der Waals surface area contributed by atoms with Crippen LogP contribution in [0, 0.1) is 6.92 Å². The minimum Gasteiger partial charge on any atom is -0.345 e. The Labute approximate surface area is 163 Å². The Morgan fingerprint density at radius 2 is 1.72 bits per heavy atom. The molecule has 0 aliphatic rings. The summed E-state index contributed by atoms with van der Waals surface area (Å²) < 4.78 is 1.03. The molecule has 0 aromatic heterocycles. The van der Waals surface area contributed by atoms with E-state index in [4.69, 9.17) is 12.2 Å². The summed E-state index contributed by atoms with van der Waals surface area (Å²) in [5.41, 5.74) is 4.68.